The Balaban J connectivity index is 2.12. The van der Waals surface area contributed by atoms with Crippen LogP contribution in [0.15, 0.2) is 6.20 Å². The Kier molecular flexibility index (Phi) is 4.66. The van der Waals surface area contributed by atoms with Gasteiger partial charge in [0.25, 0.3) is 5.91 Å². The number of H-pyrrole nitrogens is 1. The summed E-state index contributed by atoms with van der Waals surface area (Å²) in [6.07, 6.45) is 2.68. The summed E-state index contributed by atoms with van der Waals surface area (Å²) in [5, 5.41) is 6.74. The zero-order valence-electron chi connectivity index (χ0n) is 10.8. The van der Waals surface area contributed by atoms with Gasteiger partial charge in [-0.25, -0.2) is 0 Å². The lowest BCUT2D eigenvalue weighted by atomic mass is 10.1. The first-order valence-corrected chi connectivity index (χ1v) is 7.27. The van der Waals surface area contributed by atoms with E-state index < -0.39 is 0 Å². The van der Waals surface area contributed by atoms with E-state index in [9.17, 15) is 4.79 Å². The Labute approximate surface area is 111 Å². The van der Waals surface area contributed by atoms with E-state index in [0.717, 1.165) is 23.6 Å². The van der Waals surface area contributed by atoms with Gasteiger partial charge in [0.2, 0.25) is 0 Å². The molecule has 1 aromatic rings. The van der Waals surface area contributed by atoms with Crippen molar-refractivity contribution in [1.82, 2.24) is 15.1 Å². The maximum Gasteiger partial charge on any atom is 0.257 e. The molecule has 1 aliphatic rings. The molecular formula is C12H19N3O2S. The van der Waals surface area contributed by atoms with Crippen molar-refractivity contribution in [3.63, 3.8) is 0 Å². The molecule has 2 rings (SSSR count). The first-order valence-electron chi connectivity index (χ1n) is 6.11. The number of hydrogen-bond donors (Lipinski definition) is 1. The van der Waals surface area contributed by atoms with Gasteiger partial charge in [0.1, 0.15) is 0 Å². The van der Waals surface area contributed by atoms with Crippen LogP contribution < -0.4 is 0 Å². The van der Waals surface area contributed by atoms with Crippen molar-refractivity contribution in [2.45, 2.75) is 19.4 Å². The molecule has 5 nitrogen and oxygen atoms in total. The molecular weight excluding hydrogens is 250 g/mol. The van der Waals surface area contributed by atoms with Crippen LogP contribution in [0.1, 0.15) is 22.5 Å². The molecule has 0 saturated carbocycles. The van der Waals surface area contributed by atoms with Gasteiger partial charge in [0.05, 0.1) is 18.4 Å². The van der Waals surface area contributed by atoms with E-state index in [-0.39, 0.29) is 5.91 Å². The van der Waals surface area contributed by atoms with Crippen molar-refractivity contribution >= 4 is 17.7 Å². The van der Waals surface area contributed by atoms with Crippen molar-refractivity contribution in [3.8, 4) is 0 Å². The summed E-state index contributed by atoms with van der Waals surface area (Å²) < 4.78 is 5.11. The summed E-state index contributed by atoms with van der Waals surface area (Å²) in [6.45, 7) is 3.09. The fraction of sp³-hybridized carbons (Fsp3) is 0.667. The summed E-state index contributed by atoms with van der Waals surface area (Å²) in [4.78, 5) is 14.5. The monoisotopic (exact) mass is 269 g/mol. The highest BCUT2D eigenvalue weighted by atomic mass is 32.2. The molecule has 1 unspecified atom stereocenters. The number of thioether (sulfide) groups is 1. The molecule has 6 heteroatoms. The molecule has 1 aromatic heterocycles. The van der Waals surface area contributed by atoms with Crippen LogP contribution in [0.25, 0.3) is 0 Å². The molecule has 100 valence electrons. The maximum absolute atomic E-state index is 12.5. The second-order valence-electron chi connectivity index (χ2n) is 4.42. The first kappa shape index (κ1) is 13.4. The Morgan fingerprint density at radius 3 is 3.11 bits per heavy atom. The minimum absolute atomic E-state index is 0.0609. The number of hydrogen-bond acceptors (Lipinski definition) is 4. The van der Waals surface area contributed by atoms with Crippen LogP contribution in [0.2, 0.25) is 0 Å². The third-order valence-electron chi connectivity index (χ3n) is 3.20. The van der Waals surface area contributed by atoms with Crippen molar-refractivity contribution in [1.29, 1.82) is 0 Å². The zero-order valence-corrected chi connectivity index (χ0v) is 11.6. The summed E-state index contributed by atoms with van der Waals surface area (Å²) >= 11 is 1.90. The number of aromatic nitrogens is 2. The van der Waals surface area contributed by atoms with Gasteiger partial charge in [-0.05, 0) is 19.1 Å². The number of amides is 1. The van der Waals surface area contributed by atoms with E-state index >= 15 is 0 Å². The standard InChI is InChI=1S/C12H19N3O2S/c1-9-11(7-13-14-9)12(16)15(4-5-17-2)10-3-6-18-8-10/h7,10H,3-6,8H2,1-2H3,(H,13,14). The van der Waals surface area contributed by atoms with Crippen LogP contribution in [0.3, 0.4) is 0 Å². The van der Waals surface area contributed by atoms with Crippen molar-refractivity contribution in [2.24, 2.45) is 0 Å². The topological polar surface area (TPSA) is 58.2 Å². The van der Waals surface area contributed by atoms with Gasteiger partial charge < -0.3 is 9.64 Å². The van der Waals surface area contributed by atoms with Gasteiger partial charge in [-0.1, -0.05) is 0 Å². The van der Waals surface area contributed by atoms with E-state index in [1.54, 1.807) is 13.3 Å². The van der Waals surface area contributed by atoms with Crippen LogP contribution in [0, 0.1) is 6.92 Å². The van der Waals surface area contributed by atoms with E-state index in [1.807, 2.05) is 23.6 Å². The second-order valence-corrected chi connectivity index (χ2v) is 5.57. The fourth-order valence-corrected chi connectivity index (χ4v) is 3.35. The maximum atomic E-state index is 12.5. The van der Waals surface area contributed by atoms with Gasteiger partial charge in [-0.15, -0.1) is 0 Å². The molecule has 0 radical (unpaired) electrons. The average Bonchev–Trinajstić information content (AvgIpc) is 3.00. The number of nitrogens with one attached hydrogen (secondary N) is 1. The fourth-order valence-electron chi connectivity index (χ4n) is 2.13. The molecule has 0 bridgehead atoms. The molecule has 1 amide bonds. The quantitative estimate of drug-likeness (QED) is 0.875. The lowest BCUT2D eigenvalue weighted by Crippen LogP contribution is -2.42. The molecule has 0 aromatic carbocycles. The lowest BCUT2D eigenvalue weighted by Gasteiger charge is -2.28. The van der Waals surface area contributed by atoms with E-state index in [1.165, 1.54) is 0 Å². The van der Waals surface area contributed by atoms with Crippen molar-refractivity contribution in [2.75, 3.05) is 31.8 Å². The van der Waals surface area contributed by atoms with Crippen molar-refractivity contribution in [3.05, 3.63) is 17.5 Å². The Bertz CT molecular complexity index is 402. The van der Waals surface area contributed by atoms with Crippen molar-refractivity contribution < 1.29 is 9.53 Å². The van der Waals surface area contributed by atoms with Gasteiger partial charge in [0, 0.05) is 31.1 Å². The molecule has 0 aliphatic carbocycles. The number of aryl methyl sites for hydroxylation is 1. The molecule has 1 saturated heterocycles. The van der Waals surface area contributed by atoms with E-state index in [2.05, 4.69) is 10.2 Å². The van der Waals surface area contributed by atoms with E-state index in [0.29, 0.717) is 24.8 Å². The molecule has 1 fully saturated rings. The smallest absolute Gasteiger partial charge is 0.257 e. The van der Waals surface area contributed by atoms with Crippen LogP contribution in [0.5, 0.6) is 0 Å². The minimum atomic E-state index is 0.0609. The largest absolute Gasteiger partial charge is 0.383 e. The summed E-state index contributed by atoms with van der Waals surface area (Å²) in [7, 11) is 1.66. The van der Waals surface area contributed by atoms with E-state index in [4.69, 9.17) is 4.74 Å². The third-order valence-corrected chi connectivity index (χ3v) is 4.35. The predicted octanol–water partition coefficient (Wildman–Crippen LogP) is 1.31. The number of rotatable bonds is 5. The molecule has 2 heterocycles. The summed E-state index contributed by atoms with van der Waals surface area (Å²) in [5.74, 6) is 2.21. The number of nitrogens with zero attached hydrogens (tertiary/aromatic N) is 2. The van der Waals surface area contributed by atoms with Gasteiger partial charge >= 0.3 is 0 Å². The van der Waals surface area contributed by atoms with Crippen LogP contribution in [-0.2, 0) is 4.74 Å². The van der Waals surface area contributed by atoms with Crippen LogP contribution in [0.4, 0.5) is 0 Å². The molecule has 1 atom stereocenters. The van der Waals surface area contributed by atoms with Crippen LogP contribution >= 0.6 is 11.8 Å². The number of methoxy groups -OCH3 is 1. The van der Waals surface area contributed by atoms with Gasteiger partial charge in [-0.2, -0.15) is 16.9 Å². The normalized spacial score (nSPS) is 19.1. The number of ether oxygens (including phenoxy) is 1. The second kappa shape index (κ2) is 6.24. The zero-order chi connectivity index (χ0) is 13.0. The lowest BCUT2D eigenvalue weighted by molar-refractivity contribution is 0.0624. The highest BCUT2D eigenvalue weighted by Gasteiger charge is 2.28. The SMILES string of the molecule is COCCN(C(=O)c1cn[nH]c1C)C1CCSC1. The van der Waals surface area contributed by atoms with Crippen LogP contribution in [-0.4, -0.2) is 58.8 Å². The highest BCUT2D eigenvalue weighted by Crippen LogP contribution is 2.24. The summed E-state index contributed by atoms with van der Waals surface area (Å²) in [5.41, 5.74) is 1.50. The summed E-state index contributed by atoms with van der Waals surface area (Å²) in [6, 6.07) is 0.326. The first-order chi connectivity index (χ1) is 8.74. The Morgan fingerprint density at radius 2 is 2.56 bits per heavy atom. The number of carbonyl (C=O) groups excluding carboxylic acids is 1. The van der Waals surface area contributed by atoms with Gasteiger partial charge in [-0.3, -0.25) is 9.89 Å². The average molecular weight is 269 g/mol. The molecule has 0 spiro atoms. The third kappa shape index (κ3) is 2.87. The minimum Gasteiger partial charge on any atom is -0.383 e. The predicted molar refractivity (Wildman–Crippen MR) is 72.0 cm³/mol. The molecule has 1 aliphatic heterocycles. The Morgan fingerprint density at radius 1 is 1.72 bits per heavy atom. The number of aromatic amines is 1. The van der Waals surface area contributed by atoms with Gasteiger partial charge in [0.15, 0.2) is 0 Å². The highest BCUT2D eigenvalue weighted by molar-refractivity contribution is 7.99. The number of carbonyl (C=O) groups is 1. The molecule has 18 heavy (non-hydrogen) atoms. The molecule has 1 N–H and O–H groups in total. The Hall–Kier alpha value is -1.01.